The number of pyridine rings is 1. The quantitative estimate of drug-likeness (QED) is 0.752. The van der Waals surface area contributed by atoms with Crippen LogP contribution in [0.4, 0.5) is 0 Å². The van der Waals surface area contributed by atoms with Crippen LogP contribution in [0.5, 0.6) is 0 Å². The first-order chi connectivity index (χ1) is 12.1. The molecule has 0 aliphatic heterocycles. The molecule has 0 unspecified atom stereocenters. The SMILES string of the molecule is CC[C@@H](NC(=O)c1ccn(C)c(=O)c1)c1ncc(-c2ccccc2)[nH]1. The van der Waals surface area contributed by atoms with Gasteiger partial charge in [-0.25, -0.2) is 4.98 Å². The summed E-state index contributed by atoms with van der Waals surface area (Å²) >= 11 is 0. The van der Waals surface area contributed by atoms with E-state index in [0.717, 1.165) is 11.3 Å². The Balaban J connectivity index is 1.78. The van der Waals surface area contributed by atoms with Gasteiger partial charge >= 0.3 is 0 Å². The molecule has 0 aliphatic rings. The molecule has 3 aromatic rings. The Morgan fingerprint density at radius 3 is 2.72 bits per heavy atom. The van der Waals surface area contributed by atoms with Crippen LogP contribution in [0.15, 0.2) is 59.7 Å². The van der Waals surface area contributed by atoms with E-state index in [1.165, 1.54) is 10.6 Å². The van der Waals surface area contributed by atoms with Gasteiger partial charge in [-0.15, -0.1) is 0 Å². The standard InChI is InChI=1S/C19H20N4O2/c1-3-15(22-19(25)14-9-10-23(2)17(24)11-14)18-20-12-16(21-18)13-7-5-4-6-8-13/h4-12,15H,3H2,1-2H3,(H,20,21)(H,22,25)/t15-/m1/s1. The van der Waals surface area contributed by atoms with Crippen molar-refractivity contribution in [2.45, 2.75) is 19.4 Å². The van der Waals surface area contributed by atoms with Crippen molar-refractivity contribution >= 4 is 5.91 Å². The second-order valence-electron chi connectivity index (χ2n) is 5.85. The Labute approximate surface area is 145 Å². The van der Waals surface area contributed by atoms with Crippen molar-refractivity contribution in [3.8, 4) is 11.3 Å². The maximum atomic E-state index is 12.4. The number of carbonyl (C=O) groups is 1. The van der Waals surface area contributed by atoms with Crippen LogP contribution in [0, 0.1) is 0 Å². The number of amides is 1. The first-order valence-corrected chi connectivity index (χ1v) is 8.16. The third-order valence-electron chi connectivity index (χ3n) is 4.09. The summed E-state index contributed by atoms with van der Waals surface area (Å²) in [6.07, 6.45) is 4.02. The number of aromatic nitrogens is 3. The van der Waals surface area contributed by atoms with E-state index in [1.54, 1.807) is 25.5 Å². The van der Waals surface area contributed by atoms with E-state index in [9.17, 15) is 9.59 Å². The lowest BCUT2D eigenvalue weighted by atomic mass is 10.1. The highest BCUT2D eigenvalue weighted by Crippen LogP contribution is 2.20. The fourth-order valence-corrected chi connectivity index (χ4v) is 2.57. The van der Waals surface area contributed by atoms with Crippen LogP contribution in [0.25, 0.3) is 11.3 Å². The molecule has 1 atom stereocenters. The van der Waals surface area contributed by atoms with Gasteiger partial charge in [0.15, 0.2) is 0 Å². The maximum absolute atomic E-state index is 12.4. The van der Waals surface area contributed by atoms with Crippen molar-refractivity contribution in [3.05, 3.63) is 76.6 Å². The summed E-state index contributed by atoms with van der Waals surface area (Å²) in [5, 5.41) is 2.93. The van der Waals surface area contributed by atoms with Gasteiger partial charge in [0, 0.05) is 24.9 Å². The Morgan fingerprint density at radius 1 is 1.28 bits per heavy atom. The van der Waals surface area contributed by atoms with E-state index in [2.05, 4.69) is 15.3 Å². The summed E-state index contributed by atoms with van der Waals surface area (Å²) in [5.41, 5.74) is 2.06. The molecule has 128 valence electrons. The predicted octanol–water partition coefficient (Wildman–Crippen LogP) is 2.66. The molecule has 3 rings (SSSR count). The van der Waals surface area contributed by atoms with Gasteiger partial charge in [0.2, 0.25) is 0 Å². The van der Waals surface area contributed by atoms with Crippen LogP contribution in [-0.4, -0.2) is 20.4 Å². The summed E-state index contributed by atoms with van der Waals surface area (Å²) in [5.74, 6) is 0.403. The molecule has 0 saturated heterocycles. The highest BCUT2D eigenvalue weighted by molar-refractivity contribution is 5.94. The summed E-state index contributed by atoms with van der Waals surface area (Å²) in [6.45, 7) is 1.97. The monoisotopic (exact) mass is 336 g/mol. The van der Waals surface area contributed by atoms with E-state index >= 15 is 0 Å². The van der Waals surface area contributed by atoms with Gasteiger partial charge in [-0.05, 0) is 18.1 Å². The van der Waals surface area contributed by atoms with Crippen LogP contribution in [0.3, 0.4) is 0 Å². The van der Waals surface area contributed by atoms with Gasteiger partial charge in [-0.1, -0.05) is 37.3 Å². The van der Waals surface area contributed by atoms with Crippen molar-refractivity contribution in [1.82, 2.24) is 19.9 Å². The lowest BCUT2D eigenvalue weighted by Crippen LogP contribution is -2.30. The van der Waals surface area contributed by atoms with Crippen molar-refractivity contribution in [2.75, 3.05) is 0 Å². The van der Waals surface area contributed by atoms with Gasteiger partial charge < -0.3 is 14.9 Å². The number of nitrogens with zero attached hydrogens (tertiary/aromatic N) is 2. The fourth-order valence-electron chi connectivity index (χ4n) is 2.57. The van der Waals surface area contributed by atoms with Gasteiger partial charge in [-0.2, -0.15) is 0 Å². The molecule has 0 saturated carbocycles. The number of benzene rings is 1. The molecule has 25 heavy (non-hydrogen) atoms. The van der Waals surface area contributed by atoms with Gasteiger partial charge in [0.1, 0.15) is 5.82 Å². The van der Waals surface area contributed by atoms with Crippen LogP contribution >= 0.6 is 0 Å². The van der Waals surface area contributed by atoms with Crippen molar-refractivity contribution in [2.24, 2.45) is 7.05 Å². The minimum absolute atomic E-state index is 0.218. The summed E-state index contributed by atoms with van der Waals surface area (Å²) < 4.78 is 1.42. The molecule has 1 amide bonds. The second-order valence-corrected chi connectivity index (χ2v) is 5.85. The van der Waals surface area contributed by atoms with Crippen molar-refractivity contribution < 1.29 is 4.79 Å². The Kier molecular flexibility index (Phi) is 4.79. The lowest BCUT2D eigenvalue weighted by molar-refractivity contribution is 0.0933. The Bertz CT molecular complexity index is 928. The van der Waals surface area contributed by atoms with E-state index < -0.39 is 0 Å². The zero-order chi connectivity index (χ0) is 17.8. The molecule has 0 radical (unpaired) electrons. The van der Waals surface area contributed by atoms with Crippen LogP contribution < -0.4 is 10.9 Å². The number of carbonyl (C=O) groups excluding carboxylic acids is 1. The highest BCUT2D eigenvalue weighted by Gasteiger charge is 2.17. The van der Waals surface area contributed by atoms with Gasteiger partial charge in [-0.3, -0.25) is 9.59 Å². The number of aryl methyl sites for hydroxylation is 1. The third kappa shape index (κ3) is 3.68. The highest BCUT2D eigenvalue weighted by atomic mass is 16.2. The molecule has 6 heteroatoms. The Morgan fingerprint density at radius 2 is 2.04 bits per heavy atom. The number of imidazole rings is 1. The minimum atomic E-state index is -0.290. The third-order valence-corrected chi connectivity index (χ3v) is 4.09. The van der Waals surface area contributed by atoms with Crippen LogP contribution in [0.2, 0.25) is 0 Å². The van der Waals surface area contributed by atoms with E-state index in [1.807, 2.05) is 37.3 Å². The van der Waals surface area contributed by atoms with E-state index in [0.29, 0.717) is 17.8 Å². The minimum Gasteiger partial charge on any atom is -0.342 e. The number of H-pyrrole nitrogens is 1. The number of nitrogens with one attached hydrogen (secondary N) is 2. The molecule has 0 aliphatic carbocycles. The predicted molar refractivity (Wildman–Crippen MR) is 96.2 cm³/mol. The molecular weight excluding hydrogens is 316 g/mol. The summed E-state index contributed by atoms with van der Waals surface area (Å²) in [6, 6.07) is 12.6. The molecule has 1 aromatic carbocycles. The zero-order valence-corrected chi connectivity index (χ0v) is 14.2. The molecule has 2 heterocycles. The normalized spacial score (nSPS) is 11.9. The number of aromatic amines is 1. The number of rotatable bonds is 5. The number of hydrogen-bond acceptors (Lipinski definition) is 3. The molecule has 0 spiro atoms. The maximum Gasteiger partial charge on any atom is 0.252 e. The van der Waals surface area contributed by atoms with Crippen molar-refractivity contribution in [1.29, 1.82) is 0 Å². The Hall–Kier alpha value is -3.15. The molecule has 2 N–H and O–H groups in total. The lowest BCUT2D eigenvalue weighted by Gasteiger charge is -2.15. The number of hydrogen-bond donors (Lipinski definition) is 2. The van der Waals surface area contributed by atoms with E-state index in [4.69, 9.17) is 0 Å². The average molecular weight is 336 g/mol. The average Bonchev–Trinajstić information content (AvgIpc) is 3.12. The summed E-state index contributed by atoms with van der Waals surface area (Å²) in [4.78, 5) is 31.8. The molecular formula is C19H20N4O2. The first-order valence-electron chi connectivity index (χ1n) is 8.16. The first kappa shape index (κ1) is 16.7. The smallest absolute Gasteiger partial charge is 0.252 e. The van der Waals surface area contributed by atoms with Gasteiger partial charge in [0.05, 0.1) is 17.9 Å². The topological polar surface area (TPSA) is 79.8 Å². The molecule has 6 nitrogen and oxygen atoms in total. The summed E-state index contributed by atoms with van der Waals surface area (Å²) in [7, 11) is 1.65. The van der Waals surface area contributed by atoms with Crippen molar-refractivity contribution in [3.63, 3.8) is 0 Å². The molecule has 2 aromatic heterocycles. The van der Waals surface area contributed by atoms with Gasteiger partial charge in [0.25, 0.3) is 11.5 Å². The van der Waals surface area contributed by atoms with Crippen LogP contribution in [-0.2, 0) is 7.05 Å². The molecule has 0 fully saturated rings. The van der Waals surface area contributed by atoms with E-state index in [-0.39, 0.29) is 17.5 Å². The zero-order valence-electron chi connectivity index (χ0n) is 14.2. The van der Waals surface area contributed by atoms with Crippen LogP contribution in [0.1, 0.15) is 35.6 Å². The fraction of sp³-hybridized carbons (Fsp3) is 0.211. The second kappa shape index (κ2) is 7.17. The largest absolute Gasteiger partial charge is 0.342 e. The molecule has 0 bridgehead atoms.